The molecule has 0 amide bonds. The largest absolute Gasteiger partial charge is 0.495 e. The van der Waals surface area contributed by atoms with Crippen LogP contribution in [0, 0.1) is 27.7 Å². The van der Waals surface area contributed by atoms with Crippen LogP contribution in [0.3, 0.4) is 0 Å². The molecule has 2 aromatic carbocycles. The second kappa shape index (κ2) is 10.3. The number of Topliss-reactive ketones (excluding diaryl/α,β-unsaturated/α-hetero) is 1. The van der Waals surface area contributed by atoms with Crippen molar-refractivity contribution in [3.05, 3.63) is 57.6 Å². The van der Waals surface area contributed by atoms with Gasteiger partial charge in [-0.25, -0.2) is 13.2 Å². The molecule has 1 atom stereocenters. The van der Waals surface area contributed by atoms with Gasteiger partial charge in [0.25, 0.3) is 0 Å². The molecule has 3 rings (SSSR count). The van der Waals surface area contributed by atoms with E-state index in [1.807, 2.05) is 40.7 Å². The van der Waals surface area contributed by atoms with Gasteiger partial charge in [-0.3, -0.25) is 4.79 Å². The summed E-state index contributed by atoms with van der Waals surface area (Å²) < 4.78 is 38.8. The monoisotopic (exact) mass is 487 g/mol. The van der Waals surface area contributed by atoms with Crippen LogP contribution in [0.25, 0.3) is 0 Å². The summed E-state index contributed by atoms with van der Waals surface area (Å²) in [6.07, 6.45) is 2.54. The molecule has 0 bridgehead atoms. The summed E-state index contributed by atoms with van der Waals surface area (Å²) in [5, 5.41) is 0. The van der Waals surface area contributed by atoms with Crippen LogP contribution in [0.1, 0.15) is 69.2 Å². The smallest absolute Gasteiger partial charge is 0.338 e. The first-order chi connectivity index (χ1) is 16.0. The fraction of sp³-hybridized carbons (Fsp3) is 0.462. The van der Waals surface area contributed by atoms with Crippen molar-refractivity contribution >= 4 is 21.8 Å². The molecule has 0 unspecified atom stereocenters. The molecule has 1 aliphatic rings. The van der Waals surface area contributed by atoms with Crippen LogP contribution < -0.4 is 4.74 Å². The number of ether oxygens (including phenoxy) is 2. The van der Waals surface area contributed by atoms with Gasteiger partial charge in [0.05, 0.1) is 12.7 Å². The maximum absolute atomic E-state index is 13.4. The van der Waals surface area contributed by atoms with Gasteiger partial charge in [-0.1, -0.05) is 12.5 Å². The van der Waals surface area contributed by atoms with Gasteiger partial charge in [0.2, 0.25) is 15.8 Å². The number of aryl methyl sites for hydroxylation is 2. The molecule has 1 heterocycles. The summed E-state index contributed by atoms with van der Waals surface area (Å²) in [7, 11) is -2.48. The number of esters is 1. The Morgan fingerprint density at radius 3 is 2.26 bits per heavy atom. The maximum atomic E-state index is 13.4. The maximum Gasteiger partial charge on any atom is 0.338 e. The van der Waals surface area contributed by atoms with Crippen LogP contribution in [0.2, 0.25) is 0 Å². The van der Waals surface area contributed by atoms with E-state index in [-0.39, 0.29) is 28.0 Å². The first-order valence-electron chi connectivity index (χ1n) is 11.5. The second-order valence-corrected chi connectivity index (χ2v) is 10.8. The standard InChI is InChI=1S/C26H33NO6S/c1-16-13-17(2)20(5)25(19(16)4)22(28)15-33-26(29)21-10-11-23(32-6)24(14-21)34(30,31)27-12-8-7-9-18(27)3/h10-11,13-14,18H,7-9,12,15H2,1-6H3/t18-/m1/s1. The third kappa shape index (κ3) is 5.03. The molecule has 0 saturated carbocycles. The summed E-state index contributed by atoms with van der Waals surface area (Å²) in [6.45, 7) is 9.49. The molecule has 0 radical (unpaired) electrons. The molecule has 0 spiro atoms. The lowest BCUT2D eigenvalue weighted by molar-refractivity contribution is 0.0474. The molecule has 1 aliphatic heterocycles. The minimum absolute atomic E-state index is 0.0469. The number of rotatable bonds is 7. The number of benzene rings is 2. The highest BCUT2D eigenvalue weighted by molar-refractivity contribution is 7.89. The Morgan fingerprint density at radius 2 is 1.68 bits per heavy atom. The summed E-state index contributed by atoms with van der Waals surface area (Å²) >= 11 is 0. The first kappa shape index (κ1) is 25.9. The van der Waals surface area contributed by atoms with E-state index in [2.05, 4.69) is 0 Å². The van der Waals surface area contributed by atoms with Crippen molar-refractivity contribution in [3.63, 3.8) is 0 Å². The number of hydrogen-bond donors (Lipinski definition) is 0. The zero-order valence-electron chi connectivity index (χ0n) is 20.7. The Kier molecular flexibility index (Phi) is 7.83. The van der Waals surface area contributed by atoms with Gasteiger partial charge < -0.3 is 9.47 Å². The Labute approximate surface area is 202 Å². The highest BCUT2D eigenvalue weighted by Crippen LogP contribution is 2.32. The Bertz CT molecular complexity index is 1190. The van der Waals surface area contributed by atoms with Crippen LogP contribution in [0.5, 0.6) is 5.75 Å². The molecule has 7 nitrogen and oxygen atoms in total. The van der Waals surface area contributed by atoms with Gasteiger partial charge in [0.15, 0.2) is 6.61 Å². The minimum Gasteiger partial charge on any atom is -0.495 e. The SMILES string of the molecule is COc1ccc(C(=O)OCC(=O)c2c(C)c(C)cc(C)c2C)cc1S(=O)(=O)N1CCCC[C@H]1C. The number of nitrogens with zero attached hydrogens (tertiary/aromatic N) is 1. The fourth-order valence-corrected chi connectivity index (χ4v) is 6.36. The number of methoxy groups -OCH3 is 1. The molecule has 1 fully saturated rings. The van der Waals surface area contributed by atoms with E-state index in [0.29, 0.717) is 12.1 Å². The fourth-order valence-electron chi connectivity index (χ4n) is 4.48. The number of carbonyl (C=O) groups is 2. The van der Waals surface area contributed by atoms with Gasteiger partial charge in [0, 0.05) is 18.2 Å². The zero-order chi connectivity index (χ0) is 25.2. The van der Waals surface area contributed by atoms with E-state index in [0.717, 1.165) is 41.5 Å². The lowest BCUT2D eigenvalue weighted by atomic mass is 9.92. The molecule has 184 valence electrons. The molecule has 0 aliphatic carbocycles. The number of hydrogen-bond acceptors (Lipinski definition) is 6. The molecular weight excluding hydrogens is 454 g/mol. The average Bonchev–Trinajstić information content (AvgIpc) is 2.81. The summed E-state index contributed by atoms with van der Waals surface area (Å²) in [4.78, 5) is 25.6. The molecule has 0 aromatic heterocycles. The predicted molar refractivity (Wildman–Crippen MR) is 130 cm³/mol. The number of carbonyl (C=O) groups excluding carboxylic acids is 2. The van der Waals surface area contributed by atoms with E-state index < -0.39 is 22.6 Å². The van der Waals surface area contributed by atoms with Crippen LogP contribution >= 0.6 is 0 Å². The quantitative estimate of drug-likeness (QED) is 0.421. The third-order valence-electron chi connectivity index (χ3n) is 6.71. The molecule has 0 N–H and O–H groups in total. The number of piperidine rings is 1. The van der Waals surface area contributed by atoms with Crippen LogP contribution in [0.4, 0.5) is 0 Å². The number of sulfonamides is 1. The summed E-state index contributed by atoms with van der Waals surface area (Å²) in [5.41, 5.74) is 4.31. The second-order valence-electron chi connectivity index (χ2n) is 8.96. The number of ketones is 1. The molecule has 8 heteroatoms. The zero-order valence-corrected chi connectivity index (χ0v) is 21.5. The van der Waals surface area contributed by atoms with Crippen molar-refractivity contribution < 1.29 is 27.5 Å². The van der Waals surface area contributed by atoms with Gasteiger partial charge in [0.1, 0.15) is 10.6 Å². The minimum atomic E-state index is -3.87. The van der Waals surface area contributed by atoms with E-state index in [1.54, 1.807) is 0 Å². The average molecular weight is 488 g/mol. The lowest BCUT2D eigenvalue weighted by Gasteiger charge is -2.32. The van der Waals surface area contributed by atoms with Crippen molar-refractivity contribution in [3.8, 4) is 5.75 Å². The third-order valence-corrected chi connectivity index (χ3v) is 8.74. The van der Waals surface area contributed by atoms with Gasteiger partial charge >= 0.3 is 5.97 Å². The van der Waals surface area contributed by atoms with E-state index in [1.165, 1.54) is 29.6 Å². The Morgan fingerprint density at radius 1 is 1.03 bits per heavy atom. The molecule has 1 saturated heterocycles. The van der Waals surface area contributed by atoms with Gasteiger partial charge in [-0.05, 0) is 87.9 Å². The summed E-state index contributed by atoms with van der Waals surface area (Å²) in [5.74, 6) is -0.899. The first-order valence-corrected chi connectivity index (χ1v) is 12.9. The molecule has 34 heavy (non-hydrogen) atoms. The van der Waals surface area contributed by atoms with Crippen LogP contribution in [-0.4, -0.2) is 50.8 Å². The normalized spacial score (nSPS) is 16.8. The van der Waals surface area contributed by atoms with E-state index >= 15 is 0 Å². The van der Waals surface area contributed by atoms with Crippen molar-refractivity contribution in [1.29, 1.82) is 0 Å². The predicted octanol–water partition coefficient (Wildman–Crippen LogP) is 4.53. The van der Waals surface area contributed by atoms with Crippen molar-refractivity contribution in [1.82, 2.24) is 4.31 Å². The molecule has 2 aromatic rings. The summed E-state index contributed by atoms with van der Waals surface area (Å²) in [6, 6.07) is 6.04. The highest BCUT2D eigenvalue weighted by atomic mass is 32.2. The van der Waals surface area contributed by atoms with Crippen molar-refractivity contribution in [2.24, 2.45) is 0 Å². The van der Waals surface area contributed by atoms with Crippen LogP contribution in [-0.2, 0) is 14.8 Å². The lowest BCUT2D eigenvalue weighted by Crippen LogP contribution is -2.42. The topological polar surface area (TPSA) is 90.0 Å². The highest BCUT2D eigenvalue weighted by Gasteiger charge is 2.33. The van der Waals surface area contributed by atoms with Crippen molar-refractivity contribution in [2.75, 3.05) is 20.3 Å². The van der Waals surface area contributed by atoms with E-state index in [9.17, 15) is 18.0 Å². The van der Waals surface area contributed by atoms with Gasteiger partial charge in [-0.15, -0.1) is 0 Å². The van der Waals surface area contributed by atoms with Crippen molar-refractivity contribution in [2.45, 2.75) is 64.8 Å². The van der Waals surface area contributed by atoms with Crippen LogP contribution in [0.15, 0.2) is 29.2 Å². The molecular formula is C26H33NO6S. The Balaban J connectivity index is 1.85. The van der Waals surface area contributed by atoms with E-state index in [4.69, 9.17) is 9.47 Å². The van der Waals surface area contributed by atoms with Gasteiger partial charge in [-0.2, -0.15) is 4.31 Å². The Hall–Kier alpha value is -2.71.